The molecule has 0 fully saturated rings. The first kappa shape index (κ1) is 21.4. The number of hydrogen-bond acceptors (Lipinski definition) is 6. The lowest BCUT2D eigenvalue weighted by molar-refractivity contribution is 0.686. The first-order valence-corrected chi connectivity index (χ1v) is 11.3. The molecule has 0 saturated heterocycles. The summed E-state index contributed by atoms with van der Waals surface area (Å²) in [5.74, 6) is 0. The number of rotatable bonds is 3. The Labute approximate surface area is 203 Å². The molecule has 0 spiro atoms. The molecule has 9 nitrogen and oxygen atoms in total. The molecule has 5 aromatic heterocycles. The summed E-state index contributed by atoms with van der Waals surface area (Å²) in [5.41, 5.74) is 2.82. The van der Waals surface area contributed by atoms with E-state index in [-0.39, 0.29) is 5.39 Å². The number of pyridine rings is 3. The van der Waals surface area contributed by atoms with Gasteiger partial charge in [-0.25, -0.2) is 14.8 Å². The second-order valence-electron chi connectivity index (χ2n) is 9.11. The fraction of sp³-hybridized carbons (Fsp3) is 0.111. The zero-order valence-electron chi connectivity index (χ0n) is 19.4. The highest BCUT2D eigenvalue weighted by Crippen LogP contribution is 2.28. The van der Waals surface area contributed by atoms with E-state index in [2.05, 4.69) is 26.0 Å². The van der Waals surface area contributed by atoms with Gasteiger partial charge in [-0.15, -0.1) is 0 Å². The minimum Gasteiger partial charge on any atom is -0.346 e. The predicted molar refractivity (Wildman–Crippen MR) is 137 cm³/mol. The Hall–Kier alpha value is -5.10. The molecule has 0 radical (unpaired) electrons. The van der Waals surface area contributed by atoms with Crippen LogP contribution in [0.3, 0.4) is 0 Å². The van der Waals surface area contributed by atoms with Gasteiger partial charge in [0, 0.05) is 29.5 Å². The SMILES string of the molecule is CC(C)(C#N)c1cccc(-n2c(=O)[nH]c(=O)c3cnc4ccc(-c5cnc6[nH]ccc6c5)nc4c32)c1. The second-order valence-corrected chi connectivity index (χ2v) is 9.11. The molecule has 0 amide bonds. The molecule has 2 N–H and O–H groups in total. The molecule has 6 rings (SSSR count). The van der Waals surface area contributed by atoms with Gasteiger partial charge in [-0.3, -0.25) is 19.3 Å². The van der Waals surface area contributed by atoms with E-state index in [1.807, 2.05) is 50.4 Å². The van der Waals surface area contributed by atoms with Crippen LogP contribution in [-0.2, 0) is 5.41 Å². The molecular formula is C27H19N7O2. The number of fused-ring (bicyclic) bond motifs is 4. The Balaban J connectivity index is 1.68. The lowest BCUT2D eigenvalue weighted by atomic mass is 9.86. The Morgan fingerprint density at radius 1 is 1.03 bits per heavy atom. The zero-order valence-corrected chi connectivity index (χ0v) is 19.4. The molecule has 6 aromatic rings. The van der Waals surface area contributed by atoms with Crippen molar-refractivity contribution in [2.24, 2.45) is 0 Å². The maximum Gasteiger partial charge on any atom is 0.333 e. The van der Waals surface area contributed by atoms with Crippen molar-refractivity contribution in [2.75, 3.05) is 0 Å². The number of nitrogens with zero attached hydrogens (tertiary/aromatic N) is 5. The van der Waals surface area contributed by atoms with Gasteiger partial charge in [0.15, 0.2) is 0 Å². The third kappa shape index (κ3) is 3.27. The van der Waals surface area contributed by atoms with Crippen LogP contribution in [0.4, 0.5) is 0 Å². The van der Waals surface area contributed by atoms with Gasteiger partial charge < -0.3 is 4.98 Å². The molecule has 0 aliphatic heterocycles. The molecule has 0 unspecified atom stereocenters. The fourth-order valence-electron chi connectivity index (χ4n) is 4.35. The Bertz CT molecular complexity index is 1990. The summed E-state index contributed by atoms with van der Waals surface area (Å²) in [4.78, 5) is 45.1. The molecule has 9 heteroatoms. The van der Waals surface area contributed by atoms with Gasteiger partial charge in [0.2, 0.25) is 0 Å². The van der Waals surface area contributed by atoms with Gasteiger partial charge in [0.1, 0.15) is 11.2 Å². The van der Waals surface area contributed by atoms with Gasteiger partial charge >= 0.3 is 5.69 Å². The average molecular weight is 473 g/mol. The van der Waals surface area contributed by atoms with E-state index in [1.54, 1.807) is 24.4 Å². The van der Waals surface area contributed by atoms with E-state index in [4.69, 9.17) is 4.98 Å². The highest BCUT2D eigenvalue weighted by Gasteiger charge is 2.21. The van der Waals surface area contributed by atoms with E-state index in [0.717, 1.165) is 22.2 Å². The molecule has 0 atom stereocenters. The van der Waals surface area contributed by atoms with E-state index >= 15 is 0 Å². The van der Waals surface area contributed by atoms with Crippen molar-refractivity contribution in [1.82, 2.24) is 29.5 Å². The molecule has 174 valence electrons. The number of aromatic amines is 2. The van der Waals surface area contributed by atoms with Crippen LogP contribution < -0.4 is 11.2 Å². The Kier molecular flexibility index (Phi) is 4.59. The maximum absolute atomic E-state index is 13.2. The molecule has 1 aromatic carbocycles. The van der Waals surface area contributed by atoms with Crippen LogP contribution in [0, 0.1) is 11.3 Å². The van der Waals surface area contributed by atoms with Crippen LogP contribution in [0.5, 0.6) is 0 Å². The number of aromatic nitrogens is 6. The Morgan fingerprint density at radius 3 is 2.72 bits per heavy atom. The molecule has 0 saturated carbocycles. The van der Waals surface area contributed by atoms with Crippen LogP contribution in [0.15, 0.2) is 76.7 Å². The van der Waals surface area contributed by atoms with Crippen molar-refractivity contribution < 1.29 is 0 Å². The van der Waals surface area contributed by atoms with Gasteiger partial charge in [-0.05, 0) is 55.8 Å². The summed E-state index contributed by atoms with van der Waals surface area (Å²) in [7, 11) is 0. The van der Waals surface area contributed by atoms with Crippen molar-refractivity contribution in [3.8, 4) is 23.0 Å². The summed E-state index contributed by atoms with van der Waals surface area (Å²) in [6.07, 6.45) is 4.99. The number of H-pyrrole nitrogens is 2. The topological polar surface area (TPSA) is 133 Å². The standard InChI is InChI=1S/C27H19N7O2/c1-27(2,14-28)17-4-3-5-18(11-17)34-23-19(25(35)33-26(34)36)13-30-21-7-6-20(32-22(21)23)16-10-15-8-9-29-24(15)31-12-16/h3-13H,1-2H3,(H,29,31)(H,33,35,36). The molecule has 5 heterocycles. The van der Waals surface area contributed by atoms with E-state index in [0.29, 0.717) is 27.9 Å². The van der Waals surface area contributed by atoms with Crippen LogP contribution in [0.1, 0.15) is 19.4 Å². The first-order chi connectivity index (χ1) is 17.4. The molecule has 0 bridgehead atoms. The largest absolute Gasteiger partial charge is 0.346 e. The third-order valence-corrected chi connectivity index (χ3v) is 6.38. The number of hydrogen-bond donors (Lipinski definition) is 2. The normalized spacial score (nSPS) is 11.8. The molecule has 0 aliphatic carbocycles. The smallest absolute Gasteiger partial charge is 0.333 e. The van der Waals surface area contributed by atoms with Crippen LogP contribution >= 0.6 is 0 Å². The van der Waals surface area contributed by atoms with E-state index in [1.165, 1.54) is 10.8 Å². The van der Waals surface area contributed by atoms with Gasteiger partial charge in [0.25, 0.3) is 5.56 Å². The van der Waals surface area contributed by atoms with Crippen molar-refractivity contribution in [2.45, 2.75) is 19.3 Å². The van der Waals surface area contributed by atoms with Crippen molar-refractivity contribution in [1.29, 1.82) is 5.26 Å². The predicted octanol–water partition coefficient (Wildman–Crippen LogP) is 3.97. The highest BCUT2D eigenvalue weighted by molar-refractivity contribution is 6.01. The van der Waals surface area contributed by atoms with E-state index < -0.39 is 16.7 Å². The van der Waals surface area contributed by atoms with E-state index in [9.17, 15) is 14.9 Å². The molecule has 36 heavy (non-hydrogen) atoms. The summed E-state index contributed by atoms with van der Waals surface area (Å²) in [6.45, 7) is 3.62. The Morgan fingerprint density at radius 2 is 1.89 bits per heavy atom. The number of nitrogens with one attached hydrogen (secondary N) is 2. The summed E-state index contributed by atoms with van der Waals surface area (Å²) >= 11 is 0. The highest BCUT2D eigenvalue weighted by atomic mass is 16.2. The number of benzene rings is 1. The van der Waals surface area contributed by atoms with Crippen molar-refractivity contribution in [3.05, 3.63) is 93.5 Å². The summed E-state index contributed by atoms with van der Waals surface area (Å²) < 4.78 is 1.42. The lowest BCUT2D eigenvalue weighted by Gasteiger charge is -2.18. The molecular weight excluding hydrogens is 454 g/mol. The second kappa shape index (κ2) is 7.71. The van der Waals surface area contributed by atoms with Gasteiger partial charge in [0.05, 0.1) is 39.3 Å². The van der Waals surface area contributed by atoms with Crippen LogP contribution in [0.2, 0.25) is 0 Å². The average Bonchev–Trinajstić information content (AvgIpc) is 3.36. The minimum atomic E-state index is -0.767. The quantitative estimate of drug-likeness (QED) is 0.374. The molecule has 0 aliphatic rings. The van der Waals surface area contributed by atoms with Crippen molar-refractivity contribution >= 4 is 33.0 Å². The maximum atomic E-state index is 13.2. The van der Waals surface area contributed by atoms with Gasteiger partial charge in [-0.1, -0.05) is 12.1 Å². The minimum absolute atomic E-state index is 0.232. The monoisotopic (exact) mass is 473 g/mol. The summed E-state index contributed by atoms with van der Waals surface area (Å²) in [6, 6.07) is 17.0. The zero-order chi connectivity index (χ0) is 25.0. The number of nitriles is 1. The van der Waals surface area contributed by atoms with Crippen LogP contribution in [0.25, 0.3) is 49.9 Å². The van der Waals surface area contributed by atoms with Crippen molar-refractivity contribution in [3.63, 3.8) is 0 Å². The lowest BCUT2D eigenvalue weighted by Crippen LogP contribution is -2.30. The van der Waals surface area contributed by atoms with Gasteiger partial charge in [-0.2, -0.15) is 5.26 Å². The third-order valence-electron chi connectivity index (χ3n) is 6.38. The van der Waals surface area contributed by atoms with Crippen LogP contribution in [-0.4, -0.2) is 29.5 Å². The summed E-state index contributed by atoms with van der Waals surface area (Å²) in [5, 5.41) is 10.8. The first-order valence-electron chi connectivity index (χ1n) is 11.3. The fourth-order valence-corrected chi connectivity index (χ4v) is 4.35.